The van der Waals surface area contributed by atoms with Crippen LogP contribution in [0.1, 0.15) is 17.3 Å². The van der Waals surface area contributed by atoms with Crippen LogP contribution in [0.5, 0.6) is 0 Å². The Morgan fingerprint density at radius 1 is 0.647 bits per heavy atom. The highest BCUT2D eigenvalue weighted by atomic mass is 32.2. The molecule has 34 heavy (non-hydrogen) atoms. The van der Waals surface area contributed by atoms with Crippen molar-refractivity contribution in [3.05, 3.63) is 127 Å². The van der Waals surface area contributed by atoms with Crippen molar-refractivity contribution in [1.29, 1.82) is 0 Å². The second kappa shape index (κ2) is 9.80. The molecule has 4 heteroatoms. The molecule has 0 radical (unpaired) electrons. The topological polar surface area (TPSA) is 34.1 Å². The molecule has 0 bridgehead atoms. The summed E-state index contributed by atoms with van der Waals surface area (Å²) in [7, 11) is -1.98. The molecule has 0 saturated heterocycles. The molecular formula is C30H23O2S2+. The Hall–Kier alpha value is -3.47. The van der Waals surface area contributed by atoms with Gasteiger partial charge in [-0.05, 0) is 48.7 Å². The standard InChI is InChI=1S/C30H23O2S2/c1-22(31)28-21-29(33(23-13-5-2-6-14-23)24-15-7-3-8-16-24)30(27-20-12-11-19-26(27)28)34(32)25-17-9-4-10-18-25/h2-21H,1H3/q+1. The lowest BCUT2D eigenvalue weighted by Gasteiger charge is -2.16. The SMILES string of the molecule is CC(=O)c1cc([S+](c2ccccc2)c2ccccc2)c(S(=O)c2ccccc2)c2ccccc12. The van der Waals surface area contributed by atoms with Crippen molar-refractivity contribution in [3.63, 3.8) is 0 Å². The van der Waals surface area contributed by atoms with Crippen LogP contribution < -0.4 is 0 Å². The smallest absolute Gasteiger partial charge is 0.184 e. The van der Waals surface area contributed by atoms with Crippen LogP contribution >= 0.6 is 0 Å². The minimum atomic E-state index is -1.43. The average Bonchev–Trinajstić information content (AvgIpc) is 2.89. The summed E-state index contributed by atoms with van der Waals surface area (Å²) < 4.78 is 14.2. The summed E-state index contributed by atoms with van der Waals surface area (Å²) in [5.41, 5.74) is 0.656. The molecule has 0 N–H and O–H groups in total. The maximum absolute atomic E-state index is 14.2. The summed E-state index contributed by atoms with van der Waals surface area (Å²) in [6, 6.07) is 39.9. The summed E-state index contributed by atoms with van der Waals surface area (Å²) in [6.45, 7) is 1.60. The Labute approximate surface area is 205 Å². The predicted molar refractivity (Wildman–Crippen MR) is 140 cm³/mol. The normalized spacial score (nSPS) is 12.1. The number of rotatable bonds is 6. The largest absolute Gasteiger partial charge is 0.294 e. The third kappa shape index (κ3) is 4.23. The molecule has 166 valence electrons. The molecular weight excluding hydrogens is 456 g/mol. The third-order valence-electron chi connectivity index (χ3n) is 5.66. The average molecular weight is 480 g/mol. The number of fused-ring (bicyclic) bond motifs is 1. The minimum Gasteiger partial charge on any atom is -0.294 e. The van der Waals surface area contributed by atoms with E-state index in [0.717, 1.165) is 35.2 Å². The number of Topliss-reactive ketones (excluding diaryl/α,β-unsaturated/α-hetero) is 1. The zero-order valence-corrected chi connectivity index (χ0v) is 20.3. The second-order valence-corrected chi connectivity index (χ2v) is 11.3. The lowest BCUT2D eigenvalue weighted by atomic mass is 10.0. The molecule has 0 heterocycles. The molecule has 0 saturated carbocycles. The first-order valence-corrected chi connectivity index (χ1v) is 13.4. The van der Waals surface area contributed by atoms with Crippen LogP contribution in [-0.4, -0.2) is 9.99 Å². The quantitative estimate of drug-likeness (QED) is 0.189. The van der Waals surface area contributed by atoms with E-state index in [1.807, 2.05) is 97.1 Å². The first-order chi connectivity index (χ1) is 16.6. The van der Waals surface area contributed by atoms with Crippen LogP contribution in [0.3, 0.4) is 0 Å². The molecule has 2 nitrogen and oxygen atoms in total. The van der Waals surface area contributed by atoms with Gasteiger partial charge in [0.05, 0.1) is 10.8 Å². The maximum atomic E-state index is 14.2. The van der Waals surface area contributed by atoms with E-state index in [2.05, 4.69) is 24.3 Å². The van der Waals surface area contributed by atoms with Gasteiger partial charge in [-0.1, -0.05) is 78.9 Å². The predicted octanol–water partition coefficient (Wildman–Crippen LogP) is 7.30. The number of carbonyl (C=O) groups excluding carboxylic acids is 1. The van der Waals surface area contributed by atoms with E-state index < -0.39 is 21.7 Å². The van der Waals surface area contributed by atoms with Crippen LogP contribution in [0, 0.1) is 0 Å². The van der Waals surface area contributed by atoms with Crippen molar-refractivity contribution in [1.82, 2.24) is 0 Å². The summed E-state index contributed by atoms with van der Waals surface area (Å²) in [5, 5.41) is 1.69. The van der Waals surface area contributed by atoms with E-state index in [1.165, 1.54) is 0 Å². The highest BCUT2D eigenvalue weighted by molar-refractivity contribution is 7.97. The van der Waals surface area contributed by atoms with Crippen molar-refractivity contribution in [3.8, 4) is 0 Å². The van der Waals surface area contributed by atoms with Gasteiger partial charge in [0.25, 0.3) is 0 Å². The Morgan fingerprint density at radius 3 is 1.65 bits per heavy atom. The van der Waals surface area contributed by atoms with Gasteiger partial charge in [-0.25, -0.2) is 4.21 Å². The van der Waals surface area contributed by atoms with Crippen LogP contribution in [0.15, 0.2) is 146 Å². The second-order valence-electron chi connectivity index (χ2n) is 7.87. The number of carbonyl (C=O) groups is 1. The van der Waals surface area contributed by atoms with Gasteiger partial charge in [-0.2, -0.15) is 0 Å². The zero-order chi connectivity index (χ0) is 23.5. The van der Waals surface area contributed by atoms with Crippen LogP contribution in [0.4, 0.5) is 0 Å². The van der Waals surface area contributed by atoms with Gasteiger partial charge >= 0.3 is 0 Å². The molecule has 0 aliphatic heterocycles. The molecule has 0 fully saturated rings. The number of benzene rings is 5. The zero-order valence-electron chi connectivity index (χ0n) is 18.7. The molecule has 5 aromatic carbocycles. The van der Waals surface area contributed by atoms with E-state index in [1.54, 1.807) is 6.92 Å². The first kappa shape index (κ1) is 22.3. The summed E-state index contributed by atoms with van der Waals surface area (Å²) >= 11 is 0. The van der Waals surface area contributed by atoms with Crippen molar-refractivity contribution in [2.75, 3.05) is 0 Å². The highest BCUT2D eigenvalue weighted by Gasteiger charge is 2.35. The van der Waals surface area contributed by atoms with Crippen molar-refractivity contribution >= 4 is 38.3 Å². The molecule has 0 aliphatic carbocycles. The monoisotopic (exact) mass is 479 g/mol. The lowest BCUT2D eigenvalue weighted by molar-refractivity contribution is 0.101. The van der Waals surface area contributed by atoms with Gasteiger partial charge in [-0.15, -0.1) is 0 Å². The van der Waals surface area contributed by atoms with E-state index in [9.17, 15) is 9.00 Å². The van der Waals surface area contributed by atoms with Gasteiger partial charge in [0, 0.05) is 21.9 Å². The number of ketones is 1. The van der Waals surface area contributed by atoms with Gasteiger partial charge < -0.3 is 0 Å². The van der Waals surface area contributed by atoms with E-state index in [0.29, 0.717) is 5.56 Å². The summed E-state index contributed by atoms with van der Waals surface area (Å²) in [5.74, 6) is -0.000771. The molecule has 0 spiro atoms. The Morgan fingerprint density at radius 2 is 1.12 bits per heavy atom. The Kier molecular flexibility index (Phi) is 6.43. The van der Waals surface area contributed by atoms with Crippen LogP contribution in [0.2, 0.25) is 0 Å². The Balaban J connectivity index is 1.90. The van der Waals surface area contributed by atoms with Gasteiger partial charge in [0.15, 0.2) is 20.5 Å². The highest BCUT2D eigenvalue weighted by Crippen LogP contribution is 2.40. The fraction of sp³-hybridized carbons (Fsp3) is 0.0333. The lowest BCUT2D eigenvalue weighted by Crippen LogP contribution is -2.12. The number of hydrogen-bond acceptors (Lipinski definition) is 2. The minimum absolute atomic E-state index is 0.000771. The molecule has 1 atom stereocenters. The Bertz CT molecular complexity index is 1440. The van der Waals surface area contributed by atoms with Gasteiger partial charge in [0.2, 0.25) is 0 Å². The van der Waals surface area contributed by atoms with E-state index >= 15 is 0 Å². The molecule has 0 aliphatic rings. The van der Waals surface area contributed by atoms with Crippen LogP contribution in [-0.2, 0) is 21.7 Å². The first-order valence-electron chi connectivity index (χ1n) is 11.0. The molecule has 5 aromatic rings. The molecule has 1 unspecified atom stereocenters. The fourth-order valence-electron chi connectivity index (χ4n) is 4.12. The number of hydrogen-bond donors (Lipinski definition) is 0. The van der Waals surface area contributed by atoms with Crippen LogP contribution in [0.25, 0.3) is 10.8 Å². The van der Waals surface area contributed by atoms with E-state index in [4.69, 9.17) is 0 Å². The summed E-state index contributed by atoms with van der Waals surface area (Å²) in [6.07, 6.45) is 0. The van der Waals surface area contributed by atoms with Gasteiger partial charge in [-0.3, -0.25) is 4.79 Å². The van der Waals surface area contributed by atoms with Crippen molar-refractivity contribution in [2.24, 2.45) is 0 Å². The van der Waals surface area contributed by atoms with Gasteiger partial charge in [0.1, 0.15) is 15.8 Å². The molecule has 0 amide bonds. The summed E-state index contributed by atoms with van der Waals surface area (Å²) in [4.78, 5) is 17.4. The van der Waals surface area contributed by atoms with Crippen molar-refractivity contribution < 1.29 is 9.00 Å². The van der Waals surface area contributed by atoms with E-state index in [-0.39, 0.29) is 5.78 Å². The fourth-order valence-corrected chi connectivity index (χ4v) is 8.03. The van der Waals surface area contributed by atoms with Crippen molar-refractivity contribution in [2.45, 2.75) is 31.4 Å². The third-order valence-corrected chi connectivity index (χ3v) is 9.55. The molecule has 5 rings (SSSR count). The molecule has 0 aromatic heterocycles. The maximum Gasteiger partial charge on any atom is 0.184 e.